The van der Waals surface area contributed by atoms with Gasteiger partial charge in [0, 0.05) is 5.69 Å². The van der Waals surface area contributed by atoms with Crippen molar-refractivity contribution in [3.8, 4) is 0 Å². The summed E-state index contributed by atoms with van der Waals surface area (Å²) in [4.78, 5) is 11.8. The van der Waals surface area contributed by atoms with Crippen LogP contribution in [0, 0.1) is 6.92 Å². The highest BCUT2D eigenvalue weighted by atomic mass is 35.5. The smallest absolute Gasteiger partial charge is 0.307 e. The topological polar surface area (TPSA) is 71.3 Å². The van der Waals surface area contributed by atoms with Crippen LogP contribution in [0.1, 0.15) is 16.8 Å². The summed E-state index contributed by atoms with van der Waals surface area (Å²) in [5.74, 6) is 0. The third-order valence-corrected chi connectivity index (χ3v) is 4.07. The van der Waals surface area contributed by atoms with Crippen molar-refractivity contribution in [1.29, 1.82) is 0 Å². The van der Waals surface area contributed by atoms with E-state index in [9.17, 15) is 4.79 Å². The second-order valence-electron chi connectivity index (χ2n) is 5.62. The van der Waals surface area contributed by atoms with Crippen molar-refractivity contribution in [2.24, 2.45) is 5.10 Å². The number of benzene rings is 2. The molecular weight excluding hydrogens is 350 g/mol. The quantitative estimate of drug-likeness (QED) is 0.527. The number of hydrazone groups is 1. The van der Waals surface area contributed by atoms with Crippen LogP contribution in [-0.2, 0) is 6.54 Å². The van der Waals surface area contributed by atoms with Gasteiger partial charge in [0.25, 0.3) is 0 Å². The number of rotatable bonds is 5. The van der Waals surface area contributed by atoms with Crippen LogP contribution in [0.15, 0.2) is 65.8 Å². The Hall–Kier alpha value is -3.12. The summed E-state index contributed by atoms with van der Waals surface area (Å²) < 4.78 is 1.71. The van der Waals surface area contributed by atoms with E-state index in [1.165, 1.54) is 6.21 Å². The van der Waals surface area contributed by atoms with E-state index in [2.05, 4.69) is 20.9 Å². The zero-order valence-electron chi connectivity index (χ0n) is 14.2. The molecule has 7 heteroatoms. The Balaban J connectivity index is 1.64. The van der Waals surface area contributed by atoms with Gasteiger partial charge < -0.3 is 5.32 Å². The Kier molecular flexibility index (Phi) is 5.66. The Labute approximate surface area is 156 Å². The van der Waals surface area contributed by atoms with Gasteiger partial charge in [-0.3, -0.25) is 0 Å². The van der Waals surface area contributed by atoms with Crippen molar-refractivity contribution in [3.05, 3.63) is 82.6 Å². The SMILES string of the molecule is Cc1nn(Cc2ccccc2)c(Cl)c1/C=N\NC(=O)Nc1ccccc1. The lowest BCUT2D eigenvalue weighted by Crippen LogP contribution is -2.24. The van der Waals surface area contributed by atoms with Crippen molar-refractivity contribution in [2.75, 3.05) is 5.32 Å². The molecule has 0 radical (unpaired) electrons. The van der Waals surface area contributed by atoms with Crippen molar-refractivity contribution >= 4 is 29.5 Å². The second-order valence-corrected chi connectivity index (χ2v) is 5.98. The van der Waals surface area contributed by atoms with Gasteiger partial charge in [-0.2, -0.15) is 10.2 Å². The Morgan fingerprint density at radius 3 is 2.50 bits per heavy atom. The van der Waals surface area contributed by atoms with Crippen LogP contribution in [0.25, 0.3) is 0 Å². The third-order valence-electron chi connectivity index (χ3n) is 3.68. The predicted molar refractivity (Wildman–Crippen MR) is 104 cm³/mol. The van der Waals surface area contributed by atoms with Gasteiger partial charge in [0.1, 0.15) is 5.15 Å². The molecule has 0 aliphatic heterocycles. The Bertz CT molecular complexity index is 906. The minimum absolute atomic E-state index is 0.432. The molecule has 0 saturated heterocycles. The summed E-state index contributed by atoms with van der Waals surface area (Å²) in [7, 11) is 0. The minimum atomic E-state index is -0.432. The lowest BCUT2D eigenvalue weighted by molar-refractivity contribution is 0.252. The van der Waals surface area contributed by atoms with Gasteiger partial charge in [0.15, 0.2) is 0 Å². The fourth-order valence-electron chi connectivity index (χ4n) is 2.41. The molecule has 0 atom stereocenters. The van der Waals surface area contributed by atoms with E-state index < -0.39 is 6.03 Å². The van der Waals surface area contributed by atoms with Gasteiger partial charge in [0.05, 0.1) is 24.0 Å². The van der Waals surface area contributed by atoms with Crippen LogP contribution in [0.5, 0.6) is 0 Å². The molecule has 0 spiro atoms. The summed E-state index contributed by atoms with van der Waals surface area (Å²) >= 11 is 6.41. The van der Waals surface area contributed by atoms with Crippen molar-refractivity contribution in [2.45, 2.75) is 13.5 Å². The summed E-state index contributed by atoms with van der Waals surface area (Å²) in [5, 5.41) is 11.5. The molecule has 3 aromatic rings. The first-order chi connectivity index (χ1) is 12.6. The van der Waals surface area contributed by atoms with Gasteiger partial charge in [-0.1, -0.05) is 60.1 Å². The van der Waals surface area contributed by atoms with E-state index in [0.29, 0.717) is 22.9 Å². The number of nitrogens with zero attached hydrogens (tertiary/aromatic N) is 3. The molecule has 0 fully saturated rings. The van der Waals surface area contributed by atoms with Crippen LogP contribution in [0.4, 0.5) is 10.5 Å². The van der Waals surface area contributed by atoms with Gasteiger partial charge >= 0.3 is 6.03 Å². The monoisotopic (exact) mass is 367 g/mol. The number of carbonyl (C=O) groups excluding carboxylic acids is 1. The summed E-state index contributed by atoms with van der Waals surface area (Å²) in [6.07, 6.45) is 1.50. The maximum absolute atomic E-state index is 11.8. The lowest BCUT2D eigenvalue weighted by atomic mass is 10.2. The number of hydrogen-bond donors (Lipinski definition) is 2. The van der Waals surface area contributed by atoms with Crippen LogP contribution in [-0.4, -0.2) is 22.0 Å². The first-order valence-electron chi connectivity index (χ1n) is 8.05. The molecule has 6 nitrogen and oxygen atoms in total. The number of hydrogen-bond acceptors (Lipinski definition) is 3. The van der Waals surface area contributed by atoms with E-state index in [0.717, 1.165) is 11.3 Å². The summed E-state index contributed by atoms with van der Waals surface area (Å²) in [6, 6.07) is 18.6. The number of amides is 2. The van der Waals surface area contributed by atoms with Crippen molar-refractivity contribution in [1.82, 2.24) is 15.2 Å². The van der Waals surface area contributed by atoms with E-state index in [1.807, 2.05) is 55.5 Å². The van der Waals surface area contributed by atoms with E-state index in [4.69, 9.17) is 11.6 Å². The van der Waals surface area contributed by atoms with Crippen molar-refractivity contribution in [3.63, 3.8) is 0 Å². The number of nitrogens with one attached hydrogen (secondary N) is 2. The second kappa shape index (κ2) is 8.31. The third kappa shape index (κ3) is 4.49. The zero-order valence-corrected chi connectivity index (χ0v) is 14.9. The number of urea groups is 1. The molecule has 2 amide bonds. The van der Waals surface area contributed by atoms with Crippen LogP contribution >= 0.6 is 11.6 Å². The Morgan fingerprint density at radius 2 is 1.81 bits per heavy atom. The average molecular weight is 368 g/mol. The molecule has 26 heavy (non-hydrogen) atoms. The number of aryl methyl sites for hydroxylation is 1. The highest BCUT2D eigenvalue weighted by Gasteiger charge is 2.12. The molecule has 132 valence electrons. The predicted octanol–water partition coefficient (Wildman–Crippen LogP) is 4.05. The van der Waals surface area contributed by atoms with Gasteiger partial charge in [-0.15, -0.1) is 0 Å². The molecular formula is C19H18ClN5O. The van der Waals surface area contributed by atoms with Crippen LogP contribution in [0.2, 0.25) is 5.15 Å². The van der Waals surface area contributed by atoms with Crippen molar-refractivity contribution < 1.29 is 4.79 Å². The first-order valence-corrected chi connectivity index (χ1v) is 8.43. The molecule has 3 rings (SSSR count). The number of anilines is 1. The maximum Gasteiger partial charge on any atom is 0.339 e. The van der Waals surface area contributed by atoms with E-state index in [1.54, 1.807) is 16.8 Å². The molecule has 1 aromatic heterocycles. The first kappa shape index (κ1) is 17.7. The molecule has 1 heterocycles. The highest BCUT2D eigenvalue weighted by Crippen LogP contribution is 2.19. The molecule has 2 aromatic carbocycles. The summed E-state index contributed by atoms with van der Waals surface area (Å²) in [5.41, 5.74) is 5.61. The molecule has 2 N–H and O–H groups in total. The van der Waals surface area contributed by atoms with E-state index >= 15 is 0 Å². The molecule has 0 unspecified atom stereocenters. The molecule has 0 aliphatic carbocycles. The van der Waals surface area contributed by atoms with Crippen LogP contribution in [0.3, 0.4) is 0 Å². The van der Waals surface area contributed by atoms with Gasteiger partial charge in [-0.25, -0.2) is 14.9 Å². The molecule has 0 bridgehead atoms. The maximum atomic E-state index is 11.8. The Morgan fingerprint density at radius 1 is 1.15 bits per heavy atom. The standard InChI is InChI=1S/C19H18ClN5O/c1-14-17(12-21-23-19(26)22-16-10-6-3-7-11-16)18(20)25(24-14)13-15-8-4-2-5-9-15/h2-12H,13H2,1H3,(H2,22,23,26)/b21-12-. The van der Waals surface area contributed by atoms with E-state index in [-0.39, 0.29) is 0 Å². The fraction of sp³-hybridized carbons (Fsp3) is 0.105. The zero-order chi connectivity index (χ0) is 18.4. The van der Waals surface area contributed by atoms with Gasteiger partial charge in [0.2, 0.25) is 0 Å². The van der Waals surface area contributed by atoms with Crippen LogP contribution < -0.4 is 10.7 Å². The largest absolute Gasteiger partial charge is 0.339 e. The fourth-order valence-corrected chi connectivity index (χ4v) is 2.69. The average Bonchev–Trinajstić information content (AvgIpc) is 2.91. The highest BCUT2D eigenvalue weighted by molar-refractivity contribution is 6.32. The molecule has 0 saturated carbocycles. The number of carbonyl (C=O) groups is 1. The number of para-hydroxylation sites is 1. The lowest BCUT2D eigenvalue weighted by Gasteiger charge is -2.03. The molecule has 0 aliphatic rings. The number of aromatic nitrogens is 2. The van der Waals surface area contributed by atoms with Gasteiger partial charge in [-0.05, 0) is 24.6 Å². The number of halogens is 1. The normalized spacial score (nSPS) is 10.8. The minimum Gasteiger partial charge on any atom is -0.307 e. The summed E-state index contributed by atoms with van der Waals surface area (Å²) in [6.45, 7) is 2.41.